The summed E-state index contributed by atoms with van der Waals surface area (Å²) in [6.45, 7) is 0.473. The van der Waals surface area contributed by atoms with E-state index in [-0.39, 0.29) is 11.8 Å². The van der Waals surface area contributed by atoms with Crippen molar-refractivity contribution >= 4 is 95.7 Å². The predicted octanol–water partition coefficient (Wildman–Crippen LogP) is 10.0. The van der Waals surface area contributed by atoms with Crippen LogP contribution in [0.25, 0.3) is 43.2 Å². The molecule has 0 saturated heterocycles. The number of halogens is 4. The van der Waals surface area contributed by atoms with Gasteiger partial charge in [0.1, 0.15) is 26.4 Å². The van der Waals surface area contributed by atoms with Crippen LogP contribution in [0.3, 0.4) is 0 Å². The van der Waals surface area contributed by atoms with E-state index in [1.807, 2.05) is 6.07 Å². The largest absolute Gasteiger partial charge is 0.465 e. The lowest BCUT2D eigenvalue weighted by Gasteiger charge is -2.09. The van der Waals surface area contributed by atoms with Gasteiger partial charge in [-0.05, 0) is 54.1 Å². The van der Waals surface area contributed by atoms with Crippen molar-refractivity contribution in [1.29, 1.82) is 0 Å². The first-order chi connectivity index (χ1) is 24.1. The summed E-state index contributed by atoms with van der Waals surface area (Å²) in [5.74, 6) is 0.562. The Kier molecular flexibility index (Phi) is 10.8. The minimum atomic E-state index is -0.403. The molecule has 252 valence electrons. The molecule has 50 heavy (non-hydrogen) atoms. The smallest absolute Gasteiger partial charge is 0.337 e. The van der Waals surface area contributed by atoms with Crippen molar-refractivity contribution in [2.24, 2.45) is 0 Å². The highest BCUT2D eigenvalue weighted by Gasteiger charge is 2.15. The number of anilines is 1. The maximum atomic E-state index is 13.1. The quantitative estimate of drug-likeness (QED) is 0.125. The van der Waals surface area contributed by atoms with Crippen molar-refractivity contribution in [3.63, 3.8) is 0 Å². The minimum absolute atomic E-state index is 0.277. The van der Waals surface area contributed by atoms with Crippen LogP contribution in [0.1, 0.15) is 26.3 Å². The third-order valence-corrected chi connectivity index (χ3v) is 9.78. The van der Waals surface area contributed by atoms with Crippen molar-refractivity contribution in [1.82, 2.24) is 19.9 Å². The number of nitrogens with one attached hydrogen (secondary N) is 1. The van der Waals surface area contributed by atoms with E-state index in [0.29, 0.717) is 49.0 Å². The molecule has 0 unspecified atom stereocenters. The molecule has 0 radical (unpaired) electrons. The van der Waals surface area contributed by atoms with Crippen LogP contribution in [0.4, 0.5) is 10.2 Å². The molecule has 0 aliphatic heterocycles. The molecular formula is C35H23Cl3FN5O4S2. The Balaban J connectivity index is 0.000000182. The Hall–Kier alpha value is -4.72. The lowest BCUT2D eigenvalue weighted by Crippen LogP contribution is -2.04. The summed E-state index contributed by atoms with van der Waals surface area (Å²) in [5, 5.41) is 5.20. The molecule has 0 saturated carbocycles. The number of carbonyl (C=O) groups is 2. The Bertz CT molecular complexity index is 2340. The van der Waals surface area contributed by atoms with Crippen LogP contribution in [0.2, 0.25) is 13.8 Å². The summed E-state index contributed by atoms with van der Waals surface area (Å²) in [6, 6.07) is 23.5. The first kappa shape index (κ1) is 35.1. The molecule has 7 aromatic rings. The highest BCUT2D eigenvalue weighted by atomic mass is 35.5. The van der Waals surface area contributed by atoms with Gasteiger partial charge in [-0.15, -0.1) is 22.7 Å². The number of fused-ring (bicyclic) bond motifs is 2. The van der Waals surface area contributed by atoms with E-state index in [2.05, 4.69) is 30.0 Å². The summed E-state index contributed by atoms with van der Waals surface area (Å²) < 4.78 is 23.7. The number of thiophene rings is 2. The average Bonchev–Trinajstić information content (AvgIpc) is 3.72. The predicted molar refractivity (Wildman–Crippen MR) is 197 cm³/mol. The lowest BCUT2D eigenvalue weighted by atomic mass is 10.1. The number of aromatic nitrogens is 4. The Morgan fingerprint density at radius 1 is 0.680 bits per heavy atom. The zero-order valence-corrected chi connectivity index (χ0v) is 29.9. The maximum Gasteiger partial charge on any atom is 0.337 e. The molecule has 4 aromatic heterocycles. The lowest BCUT2D eigenvalue weighted by molar-refractivity contribution is 0.0592. The van der Waals surface area contributed by atoms with E-state index in [9.17, 15) is 14.0 Å². The zero-order valence-electron chi connectivity index (χ0n) is 26.0. The van der Waals surface area contributed by atoms with Gasteiger partial charge >= 0.3 is 11.9 Å². The van der Waals surface area contributed by atoms with Gasteiger partial charge in [-0.25, -0.2) is 33.9 Å². The third kappa shape index (κ3) is 8.01. The zero-order chi connectivity index (χ0) is 35.4. The SMILES string of the molecule is COC(=O)c1ccc(-c2nc(Cl)c3cc(Cl)sc3n2)cc1.COC(=O)c1ccc(-c2nc(NCc3ccc(F)cc3)c3cc(Cl)sc3n2)cc1. The summed E-state index contributed by atoms with van der Waals surface area (Å²) in [5.41, 5.74) is 3.35. The fraction of sp³-hybridized carbons (Fsp3) is 0.0857. The van der Waals surface area contributed by atoms with E-state index < -0.39 is 5.97 Å². The first-order valence-electron chi connectivity index (χ1n) is 14.6. The molecule has 4 heterocycles. The number of rotatable bonds is 7. The molecule has 15 heteroatoms. The van der Waals surface area contributed by atoms with Gasteiger partial charge in [0.05, 0.1) is 44.8 Å². The molecular weight excluding hydrogens is 744 g/mol. The summed E-state index contributed by atoms with van der Waals surface area (Å²) in [7, 11) is 2.68. The van der Waals surface area contributed by atoms with Gasteiger partial charge < -0.3 is 14.8 Å². The van der Waals surface area contributed by atoms with Crippen molar-refractivity contribution in [2.45, 2.75) is 6.54 Å². The Labute approximate surface area is 307 Å². The van der Waals surface area contributed by atoms with Crippen molar-refractivity contribution in [3.8, 4) is 22.8 Å². The number of nitrogens with zero attached hydrogens (tertiary/aromatic N) is 4. The van der Waals surface area contributed by atoms with Gasteiger partial charge in [-0.3, -0.25) is 0 Å². The summed E-state index contributed by atoms with van der Waals surface area (Å²) >= 11 is 21.0. The monoisotopic (exact) mass is 765 g/mol. The third-order valence-electron chi connectivity index (χ3n) is 7.18. The second-order valence-electron chi connectivity index (χ2n) is 10.4. The van der Waals surface area contributed by atoms with Crippen molar-refractivity contribution < 1.29 is 23.5 Å². The molecule has 0 amide bonds. The Morgan fingerprint density at radius 2 is 1.16 bits per heavy atom. The van der Waals surface area contributed by atoms with E-state index in [1.165, 1.54) is 49.0 Å². The molecule has 0 aliphatic rings. The van der Waals surface area contributed by atoms with Gasteiger partial charge in [-0.2, -0.15) is 0 Å². The van der Waals surface area contributed by atoms with Crippen LogP contribution in [-0.2, 0) is 16.0 Å². The topological polar surface area (TPSA) is 116 Å². The standard InChI is InChI=1S/C21H15ClFN3O2S.C14H8Cl2N2O2S/c1-28-21(27)14-6-4-13(5-7-14)18-25-19(16-10-17(22)29-20(16)26-18)24-11-12-2-8-15(23)9-3-12;1-20-14(19)8-4-2-7(3-5-8)12-17-11(16)9-6-10(15)21-13(9)18-12/h2-10H,11H2,1H3,(H,24,25,26);2-6H,1H3. The maximum absolute atomic E-state index is 13.1. The molecule has 0 fully saturated rings. The van der Waals surface area contributed by atoms with E-state index in [0.717, 1.165) is 37.1 Å². The number of esters is 2. The molecule has 1 N–H and O–H groups in total. The molecule has 3 aromatic carbocycles. The molecule has 7 rings (SSSR count). The first-order valence-corrected chi connectivity index (χ1v) is 17.3. The van der Waals surface area contributed by atoms with Crippen LogP contribution in [0.5, 0.6) is 0 Å². The number of methoxy groups -OCH3 is 2. The highest BCUT2D eigenvalue weighted by molar-refractivity contribution is 7.22. The van der Waals surface area contributed by atoms with Gasteiger partial charge in [0.15, 0.2) is 11.6 Å². The number of carbonyl (C=O) groups excluding carboxylic acids is 2. The summed E-state index contributed by atoms with van der Waals surface area (Å²) in [6.07, 6.45) is 0. The van der Waals surface area contributed by atoms with Gasteiger partial charge in [0, 0.05) is 17.7 Å². The van der Waals surface area contributed by atoms with E-state index in [1.54, 1.807) is 66.7 Å². The number of benzene rings is 3. The van der Waals surface area contributed by atoms with Crippen LogP contribution in [0.15, 0.2) is 84.9 Å². The molecule has 0 spiro atoms. The number of hydrogen-bond donors (Lipinski definition) is 1. The van der Waals surface area contributed by atoms with Crippen LogP contribution >= 0.6 is 57.5 Å². The average molecular weight is 767 g/mol. The summed E-state index contributed by atoms with van der Waals surface area (Å²) in [4.78, 5) is 42.5. The van der Waals surface area contributed by atoms with Crippen LogP contribution in [-0.4, -0.2) is 46.1 Å². The minimum Gasteiger partial charge on any atom is -0.465 e. The van der Waals surface area contributed by atoms with Crippen molar-refractivity contribution in [2.75, 3.05) is 19.5 Å². The van der Waals surface area contributed by atoms with Crippen LogP contribution in [0, 0.1) is 5.82 Å². The molecule has 0 aliphatic carbocycles. The molecule has 0 atom stereocenters. The number of ether oxygens (including phenoxy) is 2. The normalized spacial score (nSPS) is 10.8. The van der Waals surface area contributed by atoms with Crippen molar-refractivity contribution in [3.05, 3.63) is 121 Å². The second kappa shape index (κ2) is 15.4. The fourth-order valence-corrected chi connectivity index (χ4v) is 7.13. The molecule has 9 nitrogen and oxygen atoms in total. The Morgan fingerprint density at radius 3 is 1.68 bits per heavy atom. The van der Waals surface area contributed by atoms with E-state index in [4.69, 9.17) is 39.5 Å². The van der Waals surface area contributed by atoms with Gasteiger partial charge in [-0.1, -0.05) is 71.2 Å². The molecule has 0 bridgehead atoms. The second-order valence-corrected chi connectivity index (χ2v) is 14.1. The highest BCUT2D eigenvalue weighted by Crippen LogP contribution is 2.35. The van der Waals surface area contributed by atoms with Crippen LogP contribution < -0.4 is 5.32 Å². The van der Waals surface area contributed by atoms with Gasteiger partial charge in [0.25, 0.3) is 0 Å². The van der Waals surface area contributed by atoms with E-state index >= 15 is 0 Å². The number of hydrogen-bond acceptors (Lipinski definition) is 11. The van der Waals surface area contributed by atoms with Gasteiger partial charge in [0.2, 0.25) is 0 Å². The fourth-order valence-electron chi connectivity index (χ4n) is 4.68.